The summed E-state index contributed by atoms with van der Waals surface area (Å²) in [5.41, 5.74) is -2.42. The summed E-state index contributed by atoms with van der Waals surface area (Å²) in [6.07, 6.45) is -4.79. The average molecular weight is 453 g/mol. The van der Waals surface area contributed by atoms with Gasteiger partial charge in [-0.25, -0.2) is 8.89 Å². The molecule has 0 saturated carbocycles. The number of halogens is 8. The number of alkyl halides is 6. The van der Waals surface area contributed by atoms with E-state index >= 15 is 0 Å². The fraction of sp³-hybridized carbons (Fsp3) is 0.231. The van der Waals surface area contributed by atoms with Gasteiger partial charge in [0, 0.05) is 0 Å². The molecule has 2 rings (SSSR count). The minimum absolute atomic E-state index is 0. The molecule has 0 aliphatic heterocycles. The maximum atomic E-state index is 12.7. The molecule has 1 aromatic carbocycles. The summed E-state index contributed by atoms with van der Waals surface area (Å²) in [6.45, 7) is 0. The second kappa shape index (κ2) is 7.57. The van der Waals surface area contributed by atoms with Crippen LogP contribution in [0.1, 0.15) is 18.7 Å². The molecule has 0 radical (unpaired) electrons. The second-order valence-electron chi connectivity index (χ2n) is 4.59. The van der Waals surface area contributed by atoms with Crippen molar-refractivity contribution in [3.05, 3.63) is 33.4 Å². The van der Waals surface area contributed by atoms with Crippen molar-refractivity contribution in [3.8, 4) is 11.8 Å². The van der Waals surface area contributed by atoms with Crippen LogP contribution in [-0.4, -0.2) is 19.5 Å². The lowest BCUT2D eigenvalue weighted by Crippen LogP contribution is -2.18. The Morgan fingerprint density at radius 2 is 1.63 bits per heavy atom. The van der Waals surface area contributed by atoms with Crippen LogP contribution in [0.2, 0.25) is 10.0 Å². The quantitative estimate of drug-likeness (QED) is 0.655. The molecule has 148 valence electrons. The van der Waals surface area contributed by atoms with Crippen LogP contribution in [0.3, 0.4) is 0 Å². The van der Waals surface area contributed by atoms with E-state index in [1.807, 2.05) is 0 Å². The van der Waals surface area contributed by atoms with Crippen LogP contribution in [0, 0.1) is 11.3 Å². The van der Waals surface area contributed by atoms with Gasteiger partial charge in [-0.2, -0.15) is 36.7 Å². The zero-order valence-electron chi connectivity index (χ0n) is 11.9. The van der Waals surface area contributed by atoms with Crippen LogP contribution >= 0.6 is 23.2 Å². The van der Waals surface area contributed by atoms with Crippen LogP contribution in [0.25, 0.3) is 5.69 Å². The van der Waals surface area contributed by atoms with Crippen molar-refractivity contribution in [1.82, 2.24) is 9.78 Å². The summed E-state index contributed by atoms with van der Waals surface area (Å²) in [4.78, 5) is -1.15. The van der Waals surface area contributed by atoms with E-state index in [4.69, 9.17) is 34.2 Å². The summed E-state index contributed by atoms with van der Waals surface area (Å²) in [5.74, 6) is -0.902. The first-order valence-corrected chi connectivity index (χ1v) is 8.03. The number of nitrogens with zero attached hydrogens (tertiary/aromatic N) is 3. The molecule has 0 amide bonds. The first kappa shape index (κ1) is 23.1. The Labute approximate surface area is 160 Å². The maximum absolute atomic E-state index is 12.7. The predicted molar refractivity (Wildman–Crippen MR) is 86.9 cm³/mol. The van der Waals surface area contributed by atoms with Crippen molar-refractivity contribution in [3.63, 3.8) is 0 Å². The van der Waals surface area contributed by atoms with Gasteiger partial charge in [-0.05, 0) is 12.1 Å². The number of nitrogen functional groups attached to an aromatic ring is 1. The number of rotatable bonds is 2. The van der Waals surface area contributed by atoms with Gasteiger partial charge in [0.1, 0.15) is 22.5 Å². The highest BCUT2D eigenvalue weighted by Crippen LogP contribution is 2.40. The van der Waals surface area contributed by atoms with E-state index in [9.17, 15) is 30.6 Å². The number of benzene rings is 1. The first-order valence-electron chi connectivity index (χ1n) is 6.12. The minimum atomic E-state index is -5.25. The zero-order chi connectivity index (χ0) is 20.0. The predicted octanol–water partition coefficient (Wildman–Crippen LogP) is 4.92. The van der Waals surface area contributed by atoms with Gasteiger partial charge in [0.25, 0.3) is 0 Å². The highest BCUT2D eigenvalue weighted by molar-refractivity contribution is 7.86. The van der Waals surface area contributed by atoms with Crippen LogP contribution in [0.4, 0.5) is 32.2 Å². The lowest BCUT2D eigenvalue weighted by Gasteiger charge is -2.13. The number of anilines is 1. The number of nitriles is 1. The van der Waals surface area contributed by atoms with E-state index in [0.29, 0.717) is 16.8 Å². The molecule has 0 saturated heterocycles. The minimum Gasteiger partial charge on any atom is -0.383 e. The van der Waals surface area contributed by atoms with E-state index < -0.39 is 60.2 Å². The lowest BCUT2D eigenvalue weighted by molar-refractivity contribution is -0.137. The molecule has 0 spiro atoms. The second-order valence-corrected chi connectivity index (χ2v) is 6.81. The van der Waals surface area contributed by atoms with Crippen molar-refractivity contribution in [2.45, 2.75) is 24.0 Å². The third kappa shape index (κ3) is 4.31. The van der Waals surface area contributed by atoms with Gasteiger partial charge in [-0.15, -0.1) is 0 Å². The van der Waals surface area contributed by atoms with Gasteiger partial charge in [-0.1, -0.05) is 30.6 Å². The molecule has 0 aliphatic carbocycles. The molecule has 1 aromatic heterocycles. The van der Waals surface area contributed by atoms with Crippen molar-refractivity contribution < 1.29 is 30.6 Å². The largest absolute Gasteiger partial charge is 0.476 e. The monoisotopic (exact) mass is 452 g/mol. The van der Waals surface area contributed by atoms with E-state index in [1.165, 1.54) is 6.07 Å². The molecule has 5 nitrogen and oxygen atoms in total. The Balaban J connectivity index is 0.00000364. The van der Waals surface area contributed by atoms with E-state index in [1.54, 1.807) is 0 Å². The van der Waals surface area contributed by atoms with E-state index in [2.05, 4.69) is 5.10 Å². The Morgan fingerprint density at radius 1 is 1.15 bits per heavy atom. The van der Waals surface area contributed by atoms with Gasteiger partial charge in [0.05, 0.1) is 15.6 Å². The van der Waals surface area contributed by atoms with Crippen LogP contribution in [-0.2, 0) is 17.0 Å². The number of hydrogen-bond donors (Lipinski definition) is 1. The Bertz CT molecular complexity index is 925. The summed E-state index contributed by atoms with van der Waals surface area (Å²) in [6, 6.07) is 2.19. The molecule has 27 heavy (non-hydrogen) atoms. The molecule has 2 N–H and O–H groups in total. The summed E-state index contributed by atoms with van der Waals surface area (Å²) in [7, 11) is -3.71. The molecule has 14 heteroatoms. The SMILES string of the molecule is C.N#Cc1nn(-c2c(Cl)cc(C(F)(F)F)cc2Cl)c(N)c1S(=O)C(F)(F)F. The van der Waals surface area contributed by atoms with Gasteiger partial charge in [0.2, 0.25) is 0 Å². The van der Waals surface area contributed by atoms with Crippen molar-refractivity contribution in [2.75, 3.05) is 5.73 Å². The first-order chi connectivity index (χ1) is 11.8. The third-order valence-electron chi connectivity index (χ3n) is 2.93. The fourth-order valence-electron chi connectivity index (χ4n) is 1.89. The number of nitrogens with two attached hydrogens (primary N) is 1. The maximum Gasteiger partial charge on any atom is 0.476 e. The van der Waals surface area contributed by atoms with Gasteiger partial charge in [0.15, 0.2) is 16.5 Å². The normalized spacial score (nSPS) is 13.0. The van der Waals surface area contributed by atoms with Crippen LogP contribution in [0.15, 0.2) is 17.0 Å². The van der Waals surface area contributed by atoms with Gasteiger partial charge in [-0.3, -0.25) is 0 Å². The molecule has 2 aromatic rings. The highest BCUT2D eigenvalue weighted by Gasteiger charge is 2.42. The molecule has 1 atom stereocenters. The molecular formula is C13H8Cl2F6N4OS. The Kier molecular flexibility index (Phi) is 6.47. The number of hydrogen-bond acceptors (Lipinski definition) is 4. The third-order valence-corrected chi connectivity index (χ3v) is 4.70. The van der Waals surface area contributed by atoms with Crippen molar-refractivity contribution >= 4 is 39.8 Å². The van der Waals surface area contributed by atoms with Crippen LogP contribution in [0.5, 0.6) is 0 Å². The lowest BCUT2D eigenvalue weighted by atomic mass is 10.2. The fourth-order valence-corrected chi connectivity index (χ4v) is 3.31. The molecule has 0 fully saturated rings. The van der Waals surface area contributed by atoms with Gasteiger partial charge < -0.3 is 5.73 Å². The van der Waals surface area contributed by atoms with Crippen molar-refractivity contribution in [2.24, 2.45) is 0 Å². The number of aromatic nitrogens is 2. The average Bonchev–Trinajstić information content (AvgIpc) is 2.80. The highest BCUT2D eigenvalue weighted by atomic mass is 35.5. The molecule has 0 bridgehead atoms. The smallest absolute Gasteiger partial charge is 0.383 e. The van der Waals surface area contributed by atoms with Gasteiger partial charge >= 0.3 is 11.7 Å². The zero-order valence-corrected chi connectivity index (χ0v) is 14.2. The van der Waals surface area contributed by atoms with E-state index in [0.717, 1.165) is 0 Å². The Morgan fingerprint density at radius 3 is 2.00 bits per heavy atom. The summed E-state index contributed by atoms with van der Waals surface area (Å²) >= 11 is 11.5. The topological polar surface area (TPSA) is 84.7 Å². The summed E-state index contributed by atoms with van der Waals surface area (Å²) in [5, 5.41) is 11.1. The summed E-state index contributed by atoms with van der Waals surface area (Å²) < 4.78 is 88.4. The van der Waals surface area contributed by atoms with E-state index in [-0.39, 0.29) is 7.43 Å². The Hall–Kier alpha value is -1.97. The van der Waals surface area contributed by atoms with Crippen molar-refractivity contribution in [1.29, 1.82) is 5.26 Å². The molecule has 1 unspecified atom stereocenters. The molecule has 0 aliphatic rings. The molecular weight excluding hydrogens is 445 g/mol. The molecule has 1 heterocycles. The standard InChI is InChI=1S/C12H4Cl2F6N4OS.CH4/c13-5-1-4(11(15,16)17)2-6(14)8(5)24-10(22)9(7(3-21)23-24)26(25)12(18,19)20;/h1-2H,22H2;1H4. The van der Waals surface area contributed by atoms with Crippen LogP contribution < -0.4 is 5.73 Å².